The highest BCUT2D eigenvalue weighted by Crippen LogP contribution is 2.64. The molecule has 110 valence electrons. The zero-order valence-corrected chi connectivity index (χ0v) is 13.5. The van der Waals surface area contributed by atoms with Gasteiger partial charge in [-0.15, -0.1) is 23.2 Å². The Morgan fingerprint density at radius 3 is 2.65 bits per heavy atom. The number of amides is 1. The number of hydrogen-bond donors (Lipinski definition) is 0. The van der Waals surface area contributed by atoms with Crippen LogP contribution < -0.4 is 0 Å². The molecule has 0 bridgehead atoms. The molecule has 7 heteroatoms. The van der Waals surface area contributed by atoms with Crippen LogP contribution in [0.1, 0.15) is 18.9 Å². The summed E-state index contributed by atoms with van der Waals surface area (Å²) in [5.74, 6) is -0.789. The fourth-order valence-corrected chi connectivity index (χ4v) is 3.11. The van der Waals surface area contributed by atoms with Crippen molar-refractivity contribution in [1.29, 1.82) is 0 Å². The number of alkyl halides is 2. The molecule has 1 aromatic rings. The number of likely N-dealkylation sites (N-methyl/N-ethyl adjacent to an activating group) is 1. The summed E-state index contributed by atoms with van der Waals surface area (Å²) in [5.41, 5.74) is 0.148. The Morgan fingerprint density at radius 2 is 2.15 bits per heavy atom. The lowest BCUT2D eigenvalue weighted by atomic mass is 10.1. The van der Waals surface area contributed by atoms with E-state index in [0.717, 1.165) is 5.56 Å². The van der Waals surface area contributed by atoms with E-state index in [4.69, 9.17) is 27.9 Å². The summed E-state index contributed by atoms with van der Waals surface area (Å²) in [7, 11) is 1.67. The minimum absolute atomic E-state index is 0.261. The number of esters is 1. The molecule has 0 saturated heterocycles. The summed E-state index contributed by atoms with van der Waals surface area (Å²) in [6.07, 6.45) is 0.348. The number of carbonyl (C=O) groups is 2. The summed E-state index contributed by atoms with van der Waals surface area (Å²) >= 11 is 13.3. The number of ether oxygens (including phenoxy) is 1. The van der Waals surface area contributed by atoms with Crippen LogP contribution in [0.5, 0.6) is 0 Å². The van der Waals surface area contributed by atoms with Gasteiger partial charge in [-0.25, -0.2) is 0 Å². The molecular formula is C13H15Cl2NO3S. The second kappa shape index (κ2) is 5.54. The first-order valence-electron chi connectivity index (χ1n) is 6.06. The standard InChI is InChI=1S/C13H15Cl2NO3S/c1-12(8-13(12,14)15)11(18)19-6-10(17)16(2)5-9-3-4-20-7-9/h3-4,7H,5-6,8H2,1-2H3. The Morgan fingerprint density at radius 1 is 1.50 bits per heavy atom. The molecule has 20 heavy (non-hydrogen) atoms. The molecule has 1 atom stereocenters. The van der Waals surface area contributed by atoms with Gasteiger partial charge in [-0.2, -0.15) is 11.3 Å². The van der Waals surface area contributed by atoms with Crippen molar-refractivity contribution in [3.05, 3.63) is 22.4 Å². The van der Waals surface area contributed by atoms with E-state index in [1.807, 2.05) is 16.8 Å². The molecule has 1 heterocycles. The number of hydrogen-bond acceptors (Lipinski definition) is 4. The number of carbonyl (C=O) groups excluding carboxylic acids is 2. The highest BCUT2D eigenvalue weighted by atomic mass is 35.5. The van der Waals surface area contributed by atoms with E-state index in [-0.39, 0.29) is 12.5 Å². The highest BCUT2D eigenvalue weighted by molar-refractivity contribution is 7.07. The van der Waals surface area contributed by atoms with Crippen LogP contribution in [-0.4, -0.2) is 34.8 Å². The van der Waals surface area contributed by atoms with E-state index < -0.39 is 15.7 Å². The van der Waals surface area contributed by atoms with Gasteiger partial charge in [0.1, 0.15) is 9.75 Å². The molecule has 1 amide bonds. The van der Waals surface area contributed by atoms with Gasteiger partial charge in [0.05, 0.1) is 0 Å². The van der Waals surface area contributed by atoms with Gasteiger partial charge in [0.25, 0.3) is 5.91 Å². The fraction of sp³-hybridized carbons (Fsp3) is 0.538. The molecule has 2 rings (SSSR count). The fourth-order valence-electron chi connectivity index (χ4n) is 1.76. The Kier molecular flexibility index (Phi) is 4.33. The molecule has 1 fully saturated rings. The van der Waals surface area contributed by atoms with E-state index in [9.17, 15) is 9.59 Å². The number of halogens is 2. The summed E-state index contributed by atoms with van der Waals surface area (Å²) in [5, 5.41) is 3.92. The lowest BCUT2D eigenvalue weighted by Gasteiger charge is -2.17. The van der Waals surface area contributed by atoms with Gasteiger partial charge < -0.3 is 9.64 Å². The monoisotopic (exact) mass is 335 g/mol. The topological polar surface area (TPSA) is 46.6 Å². The molecule has 1 aliphatic rings. The minimum Gasteiger partial charge on any atom is -0.455 e. The minimum atomic E-state index is -1.07. The van der Waals surface area contributed by atoms with E-state index in [0.29, 0.717) is 13.0 Å². The van der Waals surface area contributed by atoms with Crippen molar-refractivity contribution in [2.75, 3.05) is 13.7 Å². The summed E-state index contributed by atoms with van der Waals surface area (Å²) in [6, 6.07) is 1.95. The molecule has 0 aliphatic heterocycles. The third-order valence-electron chi connectivity index (χ3n) is 3.46. The highest BCUT2D eigenvalue weighted by Gasteiger charge is 2.69. The van der Waals surface area contributed by atoms with Gasteiger partial charge in [0.2, 0.25) is 0 Å². The molecule has 1 unspecified atom stereocenters. The van der Waals surface area contributed by atoms with E-state index in [1.54, 1.807) is 25.3 Å². The second-order valence-corrected chi connectivity index (χ2v) is 7.43. The maximum atomic E-state index is 11.9. The SMILES string of the molecule is CN(Cc1ccsc1)C(=O)COC(=O)C1(C)CC1(Cl)Cl. The first kappa shape index (κ1) is 15.6. The van der Waals surface area contributed by atoms with Crippen LogP contribution in [0.2, 0.25) is 0 Å². The van der Waals surface area contributed by atoms with Gasteiger partial charge in [0, 0.05) is 20.0 Å². The molecular weight excluding hydrogens is 321 g/mol. The molecule has 0 radical (unpaired) electrons. The first-order valence-corrected chi connectivity index (χ1v) is 7.76. The molecule has 1 saturated carbocycles. The largest absolute Gasteiger partial charge is 0.455 e. The van der Waals surface area contributed by atoms with Crippen molar-refractivity contribution in [3.8, 4) is 0 Å². The Balaban J connectivity index is 1.79. The molecule has 0 aromatic carbocycles. The van der Waals surface area contributed by atoms with Crippen LogP contribution >= 0.6 is 34.5 Å². The Labute approximate surface area is 131 Å². The van der Waals surface area contributed by atoms with Gasteiger partial charge in [0.15, 0.2) is 6.61 Å². The Hall–Kier alpha value is -0.780. The van der Waals surface area contributed by atoms with Crippen LogP contribution in [0.4, 0.5) is 0 Å². The summed E-state index contributed by atoms with van der Waals surface area (Å²) < 4.78 is 3.94. The maximum Gasteiger partial charge on any atom is 0.315 e. The van der Waals surface area contributed by atoms with Gasteiger partial charge >= 0.3 is 5.97 Å². The maximum absolute atomic E-state index is 11.9. The van der Waals surface area contributed by atoms with Crippen LogP contribution in [0, 0.1) is 5.41 Å². The molecule has 0 spiro atoms. The third kappa shape index (κ3) is 3.10. The summed E-state index contributed by atoms with van der Waals surface area (Å²) in [6.45, 7) is 1.83. The zero-order chi connectivity index (χ0) is 15.0. The van der Waals surface area contributed by atoms with Crippen molar-refractivity contribution in [1.82, 2.24) is 4.90 Å². The van der Waals surface area contributed by atoms with Crippen molar-refractivity contribution in [2.24, 2.45) is 5.41 Å². The van der Waals surface area contributed by atoms with Gasteiger partial charge in [-0.3, -0.25) is 9.59 Å². The number of thiophene rings is 1. The van der Waals surface area contributed by atoms with Gasteiger partial charge in [-0.1, -0.05) is 0 Å². The first-order chi connectivity index (χ1) is 9.26. The van der Waals surface area contributed by atoms with Crippen molar-refractivity contribution in [2.45, 2.75) is 24.2 Å². The van der Waals surface area contributed by atoms with Crippen LogP contribution in [0.3, 0.4) is 0 Å². The predicted molar refractivity (Wildman–Crippen MR) is 78.9 cm³/mol. The number of nitrogens with zero attached hydrogens (tertiary/aromatic N) is 1. The van der Waals surface area contributed by atoms with Crippen molar-refractivity contribution >= 4 is 46.4 Å². The average molecular weight is 336 g/mol. The summed E-state index contributed by atoms with van der Waals surface area (Å²) in [4.78, 5) is 25.2. The predicted octanol–water partition coefficient (Wildman–Crippen LogP) is 2.83. The Bertz CT molecular complexity index is 518. The van der Waals surface area contributed by atoms with Crippen LogP contribution in [0.15, 0.2) is 16.8 Å². The molecule has 1 aliphatic carbocycles. The van der Waals surface area contributed by atoms with E-state index in [1.165, 1.54) is 4.90 Å². The van der Waals surface area contributed by atoms with Crippen molar-refractivity contribution in [3.63, 3.8) is 0 Å². The molecule has 4 nitrogen and oxygen atoms in total. The van der Waals surface area contributed by atoms with Crippen molar-refractivity contribution < 1.29 is 14.3 Å². The molecule has 0 N–H and O–H groups in total. The van der Waals surface area contributed by atoms with E-state index in [2.05, 4.69) is 0 Å². The average Bonchev–Trinajstić information content (AvgIpc) is 2.77. The zero-order valence-electron chi connectivity index (χ0n) is 11.2. The second-order valence-electron chi connectivity index (χ2n) is 5.17. The smallest absolute Gasteiger partial charge is 0.315 e. The van der Waals surface area contributed by atoms with E-state index >= 15 is 0 Å². The van der Waals surface area contributed by atoms with Gasteiger partial charge in [-0.05, 0) is 29.3 Å². The lowest BCUT2D eigenvalue weighted by Crippen LogP contribution is -2.32. The quantitative estimate of drug-likeness (QED) is 0.614. The normalized spacial score (nSPS) is 23.2. The lowest BCUT2D eigenvalue weighted by molar-refractivity contribution is -0.156. The van der Waals surface area contributed by atoms with Crippen LogP contribution in [0.25, 0.3) is 0 Å². The number of rotatable bonds is 5. The third-order valence-corrected chi connectivity index (χ3v) is 5.29. The molecule has 1 aromatic heterocycles. The van der Waals surface area contributed by atoms with Crippen LogP contribution in [-0.2, 0) is 20.9 Å².